The third kappa shape index (κ3) is 2.33. The molecule has 1 atom stereocenters. The lowest BCUT2D eigenvalue weighted by Gasteiger charge is -2.02. The largest absolute Gasteiger partial charge is 0.478 e. The molecule has 0 spiro atoms. The summed E-state index contributed by atoms with van der Waals surface area (Å²) < 4.78 is 0. The van der Waals surface area contributed by atoms with Gasteiger partial charge in [0.25, 0.3) is 0 Å². The summed E-state index contributed by atoms with van der Waals surface area (Å²) in [5.41, 5.74) is 1.64. The molecule has 0 saturated heterocycles. The summed E-state index contributed by atoms with van der Waals surface area (Å²) in [6, 6.07) is 7.41. The van der Waals surface area contributed by atoms with Crippen molar-refractivity contribution in [3.05, 3.63) is 34.9 Å². The van der Waals surface area contributed by atoms with Gasteiger partial charge in [-0.15, -0.1) is 0 Å². The SMILES string of the molecule is O=C(O)C1CC(Cc2ccccc2Cl)=NO1. The third-order valence-electron chi connectivity index (χ3n) is 2.36. The van der Waals surface area contributed by atoms with Crippen LogP contribution >= 0.6 is 11.6 Å². The number of rotatable bonds is 3. The molecule has 1 aliphatic heterocycles. The first-order valence-electron chi connectivity index (χ1n) is 4.84. The Morgan fingerprint density at radius 3 is 2.94 bits per heavy atom. The van der Waals surface area contributed by atoms with Crippen LogP contribution in [0.5, 0.6) is 0 Å². The highest BCUT2D eigenvalue weighted by Crippen LogP contribution is 2.19. The lowest BCUT2D eigenvalue weighted by molar-refractivity contribution is -0.148. The van der Waals surface area contributed by atoms with Gasteiger partial charge in [-0.1, -0.05) is 35.0 Å². The first-order valence-corrected chi connectivity index (χ1v) is 5.22. The van der Waals surface area contributed by atoms with Crippen molar-refractivity contribution in [2.24, 2.45) is 5.16 Å². The lowest BCUT2D eigenvalue weighted by atomic mass is 10.0. The molecule has 1 N–H and O–H groups in total. The van der Waals surface area contributed by atoms with Gasteiger partial charge in [-0.3, -0.25) is 0 Å². The number of halogens is 1. The molecule has 0 radical (unpaired) electrons. The predicted molar refractivity (Wildman–Crippen MR) is 59.7 cm³/mol. The number of benzene rings is 1. The molecule has 1 heterocycles. The standard InChI is InChI=1S/C11H10ClNO3/c12-9-4-2-1-3-7(9)5-8-6-10(11(14)15)16-13-8/h1-4,10H,5-6H2,(H,14,15). The number of hydrogen-bond acceptors (Lipinski definition) is 3. The quantitative estimate of drug-likeness (QED) is 0.879. The molecule has 0 amide bonds. The second-order valence-electron chi connectivity index (χ2n) is 3.56. The van der Waals surface area contributed by atoms with E-state index in [1.54, 1.807) is 6.07 Å². The van der Waals surface area contributed by atoms with E-state index >= 15 is 0 Å². The summed E-state index contributed by atoms with van der Waals surface area (Å²) in [4.78, 5) is 15.4. The fourth-order valence-electron chi connectivity index (χ4n) is 1.53. The predicted octanol–water partition coefficient (Wildman–Crippen LogP) is 2.11. The molecule has 0 aromatic heterocycles. The van der Waals surface area contributed by atoms with E-state index in [1.807, 2.05) is 18.2 Å². The van der Waals surface area contributed by atoms with E-state index in [2.05, 4.69) is 5.16 Å². The van der Waals surface area contributed by atoms with E-state index in [0.29, 0.717) is 23.6 Å². The second kappa shape index (κ2) is 4.53. The van der Waals surface area contributed by atoms with Crippen molar-refractivity contribution in [1.29, 1.82) is 0 Å². The first-order chi connectivity index (χ1) is 7.66. The maximum absolute atomic E-state index is 10.6. The number of nitrogens with zero attached hydrogens (tertiary/aromatic N) is 1. The summed E-state index contributed by atoms with van der Waals surface area (Å²) in [6.07, 6.45) is 0.00165. The Bertz CT molecular complexity index is 445. The Morgan fingerprint density at radius 1 is 1.56 bits per heavy atom. The van der Waals surface area contributed by atoms with Crippen LogP contribution in [0.1, 0.15) is 12.0 Å². The number of hydrogen-bond donors (Lipinski definition) is 1. The van der Waals surface area contributed by atoms with Crippen molar-refractivity contribution in [2.75, 3.05) is 0 Å². The van der Waals surface area contributed by atoms with Gasteiger partial charge in [0.1, 0.15) is 0 Å². The monoisotopic (exact) mass is 239 g/mol. The molecule has 84 valence electrons. The van der Waals surface area contributed by atoms with Crippen LogP contribution in [0.2, 0.25) is 5.02 Å². The highest BCUT2D eigenvalue weighted by molar-refractivity contribution is 6.31. The average molecular weight is 240 g/mol. The lowest BCUT2D eigenvalue weighted by Crippen LogP contribution is -2.20. The number of oxime groups is 1. The molecule has 0 aliphatic carbocycles. The van der Waals surface area contributed by atoms with Gasteiger partial charge in [0.15, 0.2) is 0 Å². The Balaban J connectivity index is 2.03. The van der Waals surface area contributed by atoms with Gasteiger partial charge >= 0.3 is 5.97 Å². The van der Waals surface area contributed by atoms with E-state index in [-0.39, 0.29) is 0 Å². The molecule has 0 bridgehead atoms. The maximum Gasteiger partial charge on any atom is 0.348 e. The van der Waals surface area contributed by atoms with Crippen molar-refractivity contribution < 1.29 is 14.7 Å². The summed E-state index contributed by atoms with van der Waals surface area (Å²) in [5.74, 6) is -0.988. The number of carboxylic acids is 1. The third-order valence-corrected chi connectivity index (χ3v) is 2.73. The van der Waals surface area contributed by atoms with Crippen LogP contribution in [0.4, 0.5) is 0 Å². The second-order valence-corrected chi connectivity index (χ2v) is 3.97. The normalized spacial score (nSPS) is 19.1. The average Bonchev–Trinajstić information content (AvgIpc) is 2.70. The molecule has 4 nitrogen and oxygen atoms in total. The van der Waals surface area contributed by atoms with Crippen molar-refractivity contribution in [2.45, 2.75) is 18.9 Å². The van der Waals surface area contributed by atoms with Crippen molar-refractivity contribution in [1.82, 2.24) is 0 Å². The Morgan fingerprint density at radius 2 is 2.31 bits per heavy atom. The van der Waals surface area contributed by atoms with E-state index < -0.39 is 12.1 Å². The Kier molecular flexibility index (Phi) is 3.10. The highest BCUT2D eigenvalue weighted by Gasteiger charge is 2.27. The van der Waals surface area contributed by atoms with Gasteiger partial charge < -0.3 is 9.94 Å². The summed E-state index contributed by atoms with van der Waals surface area (Å²) in [6.45, 7) is 0. The highest BCUT2D eigenvalue weighted by atomic mass is 35.5. The van der Waals surface area contributed by atoms with Crippen LogP contribution in [0.3, 0.4) is 0 Å². The minimum Gasteiger partial charge on any atom is -0.478 e. The van der Waals surface area contributed by atoms with Crippen molar-refractivity contribution in [3.8, 4) is 0 Å². The van der Waals surface area contributed by atoms with E-state index in [4.69, 9.17) is 21.5 Å². The molecule has 1 aromatic carbocycles. The van der Waals surface area contributed by atoms with Gasteiger partial charge in [-0.25, -0.2) is 4.79 Å². The first kappa shape index (κ1) is 11.0. The molecule has 2 rings (SSSR count). The number of aliphatic carboxylic acids is 1. The molecular weight excluding hydrogens is 230 g/mol. The molecule has 1 aliphatic rings. The fourth-order valence-corrected chi connectivity index (χ4v) is 1.73. The van der Waals surface area contributed by atoms with Crippen LogP contribution in [0, 0.1) is 0 Å². The Hall–Kier alpha value is -1.55. The summed E-state index contributed by atoms with van der Waals surface area (Å²) in [5, 5.41) is 13.1. The van der Waals surface area contributed by atoms with Gasteiger partial charge in [0.2, 0.25) is 6.10 Å². The van der Waals surface area contributed by atoms with Gasteiger partial charge in [0, 0.05) is 17.9 Å². The number of carbonyl (C=O) groups is 1. The summed E-state index contributed by atoms with van der Waals surface area (Å²) >= 11 is 5.99. The molecule has 1 aromatic rings. The molecular formula is C11H10ClNO3. The van der Waals surface area contributed by atoms with Crippen molar-refractivity contribution in [3.63, 3.8) is 0 Å². The van der Waals surface area contributed by atoms with Gasteiger partial charge in [-0.05, 0) is 11.6 Å². The minimum absolute atomic E-state index is 0.320. The molecule has 1 unspecified atom stereocenters. The zero-order valence-electron chi connectivity index (χ0n) is 8.39. The molecule has 5 heteroatoms. The van der Waals surface area contributed by atoms with E-state index in [0.717, 1.165) is 5.56 Å². The molecule has 16 heavy (non-hydrogen) atoms. The van der Waals surface area contributed by atoms with Crippen LogP contribution in [-0.4, -0.2) is 22.9 Å². The van der Waals surface area contributed by atoms with Gasteiger partial charge in [-0.2, -0.15) is 0 Å². The van der Waals surface area contributed by atoms with Crippen molar-refractivity contribution >= 4 is 23.3 Å². The van der Waals surface area contributed by atoms with Crippen LogP contribution in [0.15, 0.2) is 29.4 Å². The summed E-state index contributed by atoms with van der Waals surface area (Å²) in [7, 11) is 0. The zero-order valence-corrected chi connectivity index (χ0v) is 9.15. The van der Waals surface area contributed by atoms with Crippen LogP contribution < -0.4 is 0 Å². The molecule has 0 saturated carbocycles. The fraction of sp³-hybridized carbons (Fsp3) is 0.273. The van der Waals surface area contributed by atoms with E-state index in [9.17, 15) is 4.79 Å². The van der Waals surface area contributed by atoms with Crippen LogP contribution in [-0.2, 0) is 16.1 Å². The minimum atomic E-state index is -0.988. The molecule has 0 fully saturated rings. The van der Waals surface area contributed by atoms with Crippen LogP contribution in [0.25, 0.3) is 0 Å². The number of carboxylic acid groups (broad SMARTS) is 1. The van der Waals surface area contributed by atoms with E-state index in [1.165, 1.54) is 0 Å². The maximum atomic E-state index is 10.6. The topological polar surface area (TPSA) is 58.9 Å². The zero-order chi connectivity index (χ0) is 11.5. The smallest absolute Gasteiger partial charge is 0.348 e. The van der Waals surface area contributed by atoms with Gasteiger partial charge in [0.05, 0.1) is 5.71 Å². The Labute approximate surface area is 97.5 Å².